The zero-order chi connectivity index (χ0) is 16.1. The molecule has 0 atom stereocenters. The topological polar surface area (TPSA) is 46.6 Å². The fourth-order valence-electron chi connectivity index (χ4n) is 1.88. The molecule has 0 spiro atoms. The van der Waals surface area contributed by atoms with Gasteiger partial charge in [-0.05, 0) is 30.7 Å². The number of carbonyl (C=O) groups is 2. The Bertz CT molecular complexity index is 645. The van der Waals surface area contributed by atoms with Crippen molar-refractivity contribution in [2.24, 2.45) is 0 Å². The fourth-order valence-corrected chi connectivity index (χ4v) is 3.60. The van der Waals surface area contributed by atoms with Crippen molar-refractivity contribution in [1.82, 2.24) is 4.90 Å². The highest BCUT2D eigenvalue weighted by Crippen LogP contribution is 2.32. The Kier molecular flexibility index (Phi) is 6.16. The minimum Gasteiger partial charge on any atom is -0.466 e. The molecule has 0 radical (unpaired) electrons. The van der Waals surface area contributed by atoms with Gasteiger partial charge in [0.1, 0.15) is 4.32 Å². The summed E-state index contributed by atoms with van der Waals surface area (Å²) < 4.78 is 6.27. The average Bonchev–Trinajstić information content (AvgIpc) is 2.72. The van der Waals surface area contributed by atoms with Crippen LogP contribution >= 0.6 is 39.9 Å². The Morgan fingerprint density at radius 3 is 2.95 bits per heavy atom. The zero-order valence-electron chi connectivity index (χ0n) is 11.9. The molecule has 1 fully saturated rings. The second-order valence-corrected chi connectivity index (χ2v) is 7.03. The summed E-state index contributed by atoms with van der Waals surface area (Å²) in [6.45, 7) is 2.33. The van der Waals surface area contributed by atoms with Gasteiger partial charge in [0.15, 0.2) is 0 Å². The Morgan fingerprint density at radius 2 is 2.27 bits per heavy atom. The minimum absolute atomic E-state index is 0.143. The molecule has 2 rings (SSSR count). The van der Waals surface area contributed by atoms with E-state index in [0.29, 0.717) is 15.8 Å². The molecule has 1 aromatic carbocycles. The number of halogens is 1. The van der Waals surface area contributed by atoms with Gasteiger partial charge in [-0.1, -0.05) is 52.0 Å². The minimum atomic E-state index is -0.326. The predicted octanol–water partition coefficient (Wildman–Crippen LogP) is 3.60. The van der Waals surface area contributed by atoms with Crippen LogP contribution in [-0.2, 0) is 14.3 Å². The molecule has 1 aromatic rings. The molecular weight excluding hydrogens is 386 g/mol. The van der Waals surface area contributed by atoms with E-state index >= 15 is 0 Å². The summed E-state index contributed by atoms with van der Waals surface area (Å²) >= 11 is 9.87. The molecule has 0 N–H and O–H groups in total. The lowest BCUT2D eigenvalue weighted by atomic mass is 10.2. The van der Waals surface area contributed by atoms with Gasteiger partial charge in [0.2, 0.25) is 0 Å². The standard InChI is InChI=1S/C15H14BrNO3S2/c1-2-20-13(18)6-7-17-14(19)12(22-15(17)21)9-10-4-3-5-11(16)8-10/h3-5,8-9H,2,6-7H2,1H3. The lowest BCUT2D eigenvalue weighted by Gasteiger charge is -2.13. The van der Waals surface area contributed by atoms with Gasteiger partial charge >= 0.3 is 5.97 Å². The van der Waals surface area contributed by atoms with Crippen molar-refractivity contribution in [3.63, 3.8) is 0 Å². The maximum Gasteiger partial charge on any atom is 0.307 e. The number of carbonyl (C=O) groups excluding carboxylic acids is 2. The lowest BCUT2D eigenvalue weighted by molar-refractivity contribution is -0.143. The second-order valence-electron chi connectivity index (χ2n) is 4.44. The van der Waals surface area contributed by atoms with Crippen LogP contribution in [0.4, 0.5) is 0 Å². The molecule has 0 aliphatic carbocycles. The number of thiocarbonyl (C=S) groups is 1. The van der Waals surface area contributed by atoms with Crippen LogP contribution < -0.4 is 0 Å². The number of benzene rings is 1. The third-order valence-electron chi connectivity index (χ3n) is 2.86. The van der Waals surface area contributed by atoms with Gasteiger partial charge in [0.25, 0.3) is 5.91 Å². The first-order chi connectivity index (χ1) is 10.5. The van der Waals surface area contributed by atoms with Crippen LogP contribution in [0.2, 0.25) is 0 Å². The van der Waals surface area contributed by atoms with E-state index in [4.69, 9.17) is 17.0 Å². The third kappa shape index (κ3) is 4.41. The molecule has 7 heteroatoms. The summed E-state index contributed by atoms with van der Waals surface area (Å²) in [5.74, 6) is -0.494. The summed E-state index contributed by atoms with van der Waals surface area (Å²) in [7, 11) is 0. The first-order valence-electron chi connectivity index (χ1n) is 6.68. The maximum atomic E-state index is 12.4. The van der Waals surface area contributed by atoms with E-state index in [-0.39, 0.29) is 24.8 Å². The predicted molar refractivity (Wildman–Crippen MR) is 95.3 cm³/mol. The SMILES string of the molecule is CCOC(=O)CCN1C(=O)C(=Cc2cccc(Br)c2)SC1=S. The molecule has 1 amide bonds. The van der Waals surface area contributed by atoms with Gasteiger partial charge in [-0.2, -0.15) is 0 Å². The van der Waals surface area contributed by atoms with Crippen LogP contribution in [0.3, 0.4) is 0 Å². The maximum absolute atomic E-state index is 12.4. The van der Waals surface area contributed by atoms with Crippen LogP contribution in [0.5, 0.6) is 0 Å². The first kappa shape index (κ1) is 17.2. The molecule has 1 heterocycles. The van der Waals surface area contributed by atoms with E-state index in [0.717, 1.165) is 10.0 Å². The molecule has 1 aliphatic heterocycles. The van der Waals surface area contributed by atoms with E-state index in [1.54, 1.807) is 13.0 Å². The van der Waals surface area contributed by atoms with Crippen molar-refractivity contribution in [2.75, 3.05) is 13.2 Å². The van der Waals surface area contributed by atoms with E-state index in [1.165, 1.54) is 16.7 Å². The number of rotatable bonds is 5. The van der Waals surface area contributed by atoms with E-state index in [1.807, 2.05) is 24.3 Å². The van der Waals surface area contributed by atoms with Crippen molar-refractivity contribution < 1.29 is 14.3 Å². The van der Waals surface area contributed by atoms with Crippen molar-refractivity contribution >= 4 is 62.2 Å². The van der Waals surface area contributed by atoms with Gasteiger partial charge in [-0.3, -0.25) is 14.5 Å². The van der Waals surface area contributed by atoms with Crippen molar-refractivity contribution in [1.29, 1.82) is 0 Å². The molecule has 0 saturated carbocycles. The molecule has 0 bridgehead atoms. The lowest BCUT2D eigenvalue weighted by Crippen LogP contribution is -2.30. The van der Waals surface area contributed by atoms with Crippen LogP contribution in [0, 0.1) is 0 Å². The van der Waals surface area contributed by atoms with Crippen LogP contribution in [0.15, 0.2) is 33.6 Å². The molecule has 116 valence electrons. The molecule has 1 saturated heterocycles. The van der Waals surface area contributed by atoms with Gasteiger partial charge in [-0.15, -0.1) is 0 Å². The molecule has 0 aromatic heterocycles. The monoisotopic (exact) mass is 399 g/mol. The van der Waals surface area contributed by atoms with Crippen molar-refractivity contribution in [3.05, 3.63) is 39.2 Å². The van der Waals surface area contributed by atoms with Gasteiger partial charge in [0, 0.05) is 11.0 Å². The number of thioether (sulfide) groups is 1. The van der Waals surface area contributed by atoms with E-state index < -0.39 is 0 Å². The quantitative estimate of drug-likeness (QED) is 0.429. The smallest absolute Gasteiger partial charge is 0.307 e. The third-order valence-corrected chi connectivity index (χ3v) is 4.74. The van der Waals surface area contributed by atoms with E-state index in [9.17, 15) is 9.59 Å². The number of hydrogen-bond acceptors (Lipinski definition) is 5. The van der Waals surface area contributed by atoms with Crippen LogP contribution in [-0.4, -0.2) is 34.2 Å². The highest BCUT2D eigenvalue weighted by Gasteiger charge is 2.32. The number of nitrogens with zero attached hydrogens (tertiary/aromatic N) is 1. The first-order valence-corrected chi connectivity index (χ1v) is 8.69. The number of amides is 1. The van der Waals surface area contributed by atoms with Crippen molar-refractivity contribution in [2.45, 2.75) is 13.3 Å². The van der Waals surface area contributed by atoms with Crippen molar-refractivity contribution in [3.8, 4) is 0 Å². The summed E-state index contributed by atoms with van der Waals surface area (Å²) in [5, 5.41) is 0. The molecule has 22 heavy (non-hydrogen) atoms. The van der Waals surface area contributed by atoms with Gasteiger partial charge in [-0.25, -0.2) is 0 Å². The van der Waals surface area contributed by atoms with E-state index in [2.05, 4.69) is 15.9 Å². The normalized spacial score (nSPS) is 16.5. The molecule has 4 nitrogen and oxygen atoms in total. The fraction of sp³-hybridized carbons (Fsp3) is 0.267. The summed E-state index contributed by atoms with van der Waals surface area (Å²) in [4.78, 5) is 25.8. The summed E-state index contributed by atoms with van der Waals surface area (Å²) in [6.07, 6.45) is 1.94. The summed E-state index contributed by atoms with van der Waals surface area (Å²) in [6, 6.07) is 7.65. The number of ether oxygens (including phenoxy) is 1. The van der Waals surface area contributed by atoms with Gasteiger partial charge in [0.05, 0.1) is 17.9 Å². The molecular formula is C15H14BrNO3S2. The Balaban J connectivity index is 2.06. The number of esters is 1. The van der Waals surface area contributed by atoms with Crippen LogP contribution in [0.1, 0.15) is 18.9 Å². The highest BCUT2D eigenvalue weighted by molar-refractivity contribution is 9.10. The Labute approximate surface area is 147 Å². The highest BCUT2D eigenvalue weighted by atomic mass is 79.9. The average molecular weight is 400 g/mol. The van der Waals surface area contributed by atoms with Gasteiger partial charge < -0.3 is 4.74 Å². The molecule has 1 aliphatic rings. The second kappa shape index (κ2) is 7.89. The number of hydrogen-bond donors (Lipinski definition) is 0. The van der Waals surface area contributed by atoms with Crippen LogP contribution in [0.25, 0.3) is 6.08 Å². The molecule has 0 unspecified atom stereocenters. The Hall–Kier alpha value is -1.18. The summed E-state index contributed by atoms with van der Waals surface area (Å²) in [5.41, 5.74) is 0.917. The largest absolute Gasteiger partial charge is 0.466 e. The Morgan fingerprint density at radius 1 is 1.50 bits per heavy atom. The zero-order valence-corrected chi connectivity index (χ0v) is 15.1.